The lowest BCUT2D eigenvalue weighted by Gasteiger charge is -2.35. The molecule has 2 heterocycles. The van der Waals surface area contributed by atoms with Gasteiger partial charge >= 0.3 is 6.18 Å². The fourth-order valence-electron chi connectivity index (χ4n) is 2.43. The van der Waals surface area contributed by atoms with Crippen LogP contribution in [0.3, 0.4) is 0 Å². The maximum atomic E-state index is 12.7. The molecule has 2 unspecified atom stereocenters. The van der Waals surface area contributed by atoms with Crippen molar-refractivity contribution in [1.82, 2.24) is 9.88 Å². The maximum Gasteiger partial charge on any atom is 0.433 e. The molecule has 0 radical (unpaired) electrons. The summed E-state index contributed by atoms with van der Waals surface area (Å²) in [5.74, 6) is 0.0223. The SMILES string of the molecule is CC1CC(Nc2nc(C(F)(F)F)ccc2C#N)CCN1C. The number of likely N-dealkylation sites (tertiary alicyclic amines) is 1. The fourth-order valence-corrected chi connectivity index (χ4v) is 2.43. The molecule has 114 valence electrons. The molecule has 1 fully saturated rings. The molecule has 1 aromatic heterocycles. The summed E-state index contributed by atoms with van der Waals surface area (Å²) in [6.45, 7) is 2.93. The molecule has 0 bridgehead atoms. The Bertz CT molecular complexity index is 550. The van der Waals surface area contributed by atoms with Gasteiger partial charge in [0.2, 0.25) is 0 Å². The number of nitriles is 1. The molecule has 7 heteroatoms. The first-order valence-corrected chi connectivity index (χ1v) is 6.76. The number of aromatic nitrogens is 1. The lowest BCUT2D eigenvalue weighted by molar-refractivity contribution is -0.141. The van der Waals surface area contributed by atoms with E-state index in [1.807, 2.05) is 13.1 Å². The Labute approximate surface area is 121 Å². The third-order valence-electron chi connectivity index (χ3n) is 3.86. The Morgan fingerprint density at radius 3 is 2.71 bits per heavy atom. The van der Waals surface area contributed by atoms with E-state index in [9.17, 15) is 13.2 Å². The molecule has 0 saturated carbocycles. The van der Waals surface area contributed by atoms with Crippen LogP contribution in [0, 0.1) is 11.3 Å². The van der Waals surface area contributed by atoms with Gasteiger partial charge in [0, 0.05) is 18.6 Å². The van der Waals surface area contributed by atoms with Gasteiger partial charge in [0.25, 0.3) is 0 Å². The summed E-state index contributed by atoms with van der Waals surface area (Å²) >= 11 is 0. The highest BCUT2D eigenvalue weighted by Gasteiger charge is 2.33. The van der Waals surface area contributed by atoms with Gasteiger partial charge in [-0.25, -0.2) is 4.98 Å². The zero-order valence-corrected chi connectivity index (χ0v) is 11.9. The monoisotopic (exact) mass is 298 g/mol. The minimum atomic E-state index is -4.51. The van der Waals surface area contributed by atoms with Crippen molar-refractivity contribution in [3.63, 3.8) is 0 Å². The predicted octanol–water partition coefficient (Wildman–Crippen LogP) is 2.87. The zero-order valence-electron chi connectivity index (χ0n) is 11.9. The van der Waals surface area contributed by atoms with Gasteiger partial charge in [-0.3, -0.25) is 0 Å². The van der Waals surface area contributed by atoms with Crippen LogP contribution >= 0.6 is 0 Å². The number of nitrogens with one attached hydrogen (secondary N) is 1. The minimum Gasteiger partial charge on any atom is -0.366 e. The summed E-state index contributed by atoms with van der Waals surface area (Å²) in [4.78, 5) is 5.78. The Morgan fingerprint density at radius 1 is 1.43 bits per heavy atom. The number of hydrogen-bond donors (Lipinski definition) is 1. The van der Waals surface area contributed by atoms with Gasteiger partial charge in [-0.1, -0.05) is 0 Å². The van der Waals surface area contributed by atoms with Crippen LogP contribution in [0.2, 0.25) is 0 Å². The Morgan fingerprint density at radius 2 is 2.14 bits per heavy atom. The smallest absolute Gasteiger partial charge is 0.366 e. The summed E-state index contributed by atoms with van der Waals surface area (Å²) in [5, 5.41) is 12.0. The Balaban J connectivity index is 2.20. The molecule has 21 heavy (non-hydrogen) atoms. The molecule has 1 aromatic rings. The third kappa shape index (κ3) is 3.64. The van der Waals surface area contributed by atoms with Gasteiger partial charge in [-0.2, -0.15) is 18.4 Å². The van der Waals surface area contributed by atoms with Crippen molar-refractivity contribution in [3.05, 3.63) is 23.4 Å². The van der Waals surface area contributed by atoms with Crippen LogP contribution in [0.25, 0.3) is 0 Å². The summed E-state index contributed by atoms with van der Waals surface area (Å²) in [7, 11) is 2.02. The number of hydrogen-bond acceptors (Lipinski definition) is 4. The summed E-state index contributed by atoms with van der Waals surface area (Å²) in [5.41, 5.74) is -0.848. The van der Waals surface area contributed by atoms with Crippen LogP contribution in [0.1, 0.15) is 31.0 Å². The molecule has 0 aromatic carbocycles. The van der Waals surface area contributed by atoms with Gasteiger partial charge < -0.3 is 10.2 Å². The van der Waals surface area contributed by atoms with E-state index in [-0.39, 0.29) is 17.4 Å². The number of piperidine rings is 1. The van der Waals surface area contributed by atoms with E-state index >= 15 is 0 Å². The van der Waals surface area contributed by atoms with E-state index in [1.165, 1.54) is 0 Å². The van der Waals surface area contributed by atoms with Gasteiger partial charge in [0.1, 0.15) is 17.6 Å². The highest BCUT2D eigenvalue weighted by molar-refractivity contribution is 5.53. The molecular formula is C14H17F3N4. The van der Waals surface area contributed by atoms with E-state index in [2.05, 4.69) is 22.1 Å². The van der Waals surface area contributed by atoms with E-state index < -0.39 is 11.9 Å². The molecule has 1 aliphatic heterocycles. The molecular weight excluding hydrogens is 281 g/mol. The zero-order chi connectivity index (χ0) is 15.6. The van der Waals surface area contributed by atoms with Crippen LogP contribution in [-0.4, -0.2) is 35.6 Å². The second kappa shape index (κ2) is 5.90. The number of nitrogens with zero attached hydrogens (tertiary/aromatic N) is 3. The summed E-state index contributed by atoms with van der Waals surface area (Å²) < 4.78 is 38.1. The second-order valence-electron chi connectivity index (χ2n) is 5.40. The minimum absolute atomic E-state index is 0.0223. The van der Waals surface area contributed by atoms with Gasteiger partial charge in [0.15, 0.2) is 0 Å². The summed E-state index contributed by atoms with van der Waals surface area (Å²) in [6, 6.07) is 4.25. The highest BCUT2D eigenvalue weighted by Crippen LogP contribution is 2.30. The van der Waals surface area contributed by atoms with Crippen molar-refractivity contribution >= 4 is 5.82 Å². The van der Waals surface area contributed by atoms with Crippen molar-refractivity contribution < 1.29 is 13.2 Å². The lowest BCUT2D eigenvalue weighted by Crippen LogP contribution is -2.42. The van der Waals surface area contributed by atoms with Crippen LogP contribution in [0.5, 0.6) is 0 Å². The fraction of sp³-hybridized carbons (Fsp3) is 0.571. The van der Waals surface area contributed by atoms with Crippen LogP contribution < -0.4 is 5.32 Å². The van der Waals surface area contributed by atoms with Crippen LogP contribution in [0.4, 0.5) is 19.0 Å². The van der Waals surface area contributed by atoms with Crippen molar-refractivity contribution in [3.8, 4) is 6.07 Å². The van der Waals surface area contributed by atoms with Gasteiger partial charge in [-0.15, -0.1) is 0 Å². The van der Waals surface area contributed by atoms with Crippen molar-refractivity contribution in [2.24, 2.45) is 0 Å². The molecule has 0 aliphatic carbocycles. The van der Waals surface area contributed by atoms with Gasteiger partial charge in [-0.05, 0) is 38.9 Å². The number of anilines is 1. The largest absolute Gasteiger partial charge is 0.433 e. The summed E-state index contributed by atoms with van der Waals surface area (Å²) in [6.07, 6.45) is -2.90. The average molecular weight is 298 g/mol. The normalized spacial score (nSPS) is 23.6. The van der Waals surface area contributed by atoms with Crippen molar-refractivity contribution in [1.29, 1.82) is 5.26 Å². The maximum absolute atomic E-state index is 12.7. The number of pyridine rings is 1. The third-order valence-corrected chi connectivity index (χ3v) is 3.86. The standard InChI is InChI=1S/C14H17F3N4/c1-9-7-11(5-6-21(9)2)19-13-10(8-18)3-4-12(20-13)14(15,16)17/h3-4,9,11H,5-7H2,1-2H3,(H,19,20). The number of rotatable bonds is 2. The average Bonchev–Trinajstić information content (AvgIpc) is 2.42. The topological polar surface area (TPSA) is 52.0 Å². The first-order chi connectivity index (χ1) is 9.81. The molecule has 4 nitrogen and oxygen atoms in total. The van der Waals surface area contributed by atoms with Crippen LogP contribution in [-0.2, 0) is 6.18 Å². The van der Waals surface area contributed by atoms with Crippen molar-refractivity contribution in [2.45, 2.75) is 38.0 Å². The van der Waals surface area contributed by atoms with E-state index in [0.29, 0.717) is 6.04 Å². The van der Waals surface area contributed by atoms with Crippen molar-refractivity contribution in [2.75, 3.05) is 18.9 Å². The molecule has 1 saturated heterocycles. The Kier molecular flexibility index (Phi) is 4.37. The molecule has 2 atom stereocenters. The predicted molar refractivity (Wildman–Crippen MR) is 72.7 cm³/mol. The second-order valence-corrected chi connectivity index (χ2v) is 5.40. The first-order valence-electron chi connectivity index (χ1n) is 6.76. The van der Waals surface area contributed by atoms with E-state index in [4.69, 9.17) is 5.26 Å². The highest BCUT2D eigenvalue weighted by atomic mass is 19.4. The molecule has 1 aliphatic rings. The molecule has 2 rings (SSSR count). The first kappa shape index (κ1) is 15.6. The quantitative estimate of drug-likeness (QED) is 0.912. The molecule has 0 spiro atoms. The van der Waals surface area contributed by atoms with E-state index in [0.717, 1.165) is 31.5 Å². The van der Waals surface area contributed by atoms with E-state index in [1.54, 1.807) is 0 Å². The van der Waals surface area contributed by atoms with Crippen LogP contribution in [0.15, 0.2) is 12.1 Å². The molecule has 1 N–H and O–H groups in total. The lowest BCUT2D eigenvalue weighted by atomic mass is 9.99. The molecule has 0 amide bonds. The number of alkyl halides is 3. The number of halogens is 3. The Hall–Kier alpha value is -1.81. The van der Waals surface area contributed by atoms with Gasteiger partial charge in [0.05, 0.1) is 5.56 Å².